The molecule has 0 spiro atoms. The van der Waals surface area contributed by atoms with E-state index in [1.165, 1.54) is 18.2 Å². The zero-order valence-corrected chi connectivity index (χ0v) is 19.2. The molecule has 7 nitrogen and oxygen atoms in total. The lowest BCUT2D eigenvalue weighted by Crippen LogP contribution is -2.32. The van der Waals surface area contributed by atoms with Gasteiger partial charge in [-0.2, -0.15) is 0 Å². The average Bonchev–Trinajstić information content (AvgIpc) is 3.39. The van der Waals surface area contributed by atoms with Gasteiger partial charge in [-0.1, -0.05) is 33.8 Å². The third-order valence-corrected chi connectivity index (χ3v) is 6.55. The van der Waals surface area contributed by atoms with Crippen LogP contribution in [0.3, 0.4) is 0 Å². The van der Waals surface area contributed by atoms with Gasteiger partial charge in [-0.15, -0.1) is 10.2 Å². The number of piperidine rings is 1. The van der Waals surface area contributed by atoms with Gasteiger partial charge in [0.25, 0.3) is 0 Å². The molecule has 1 N–H and O–H groups in total. The molecule has 0 radical (unpaired) electrons. The number of nitrogens with zero attached hydrogens (tertiary/aromatic N) is 4. The molecule has 1 unspecified atom stereocenters. The molecular weight excluding hydrogens is 466 g/mol. The van der Waals surface area contributed by atoms with E-state index in [9.17, 15) is 4.79 Å². The second kappa shape index (κ2) is 9.70. The fourth-order valence-corrected chi connectivity index (χ4v) is 4.66. The summed E-state index contributed by atoms with van der Waals surface area (Å²) in [4.78, 5) is 15.0. The number of halogens is 1. The molecule has 0 saturated carbocycles. The first kappa shape index (κ1) is 21.0. The van der Waals surface area contributed by atoms with Crippen molar-refractivity contribution in [3.05, 3.63) is 52.9 Å². The smallest absolute Gasteiger partial charge is 0.237 e. The van der Waals surface area contributed by atoms with E-state index in [1.54, 1.807) is 6.26 Å². The standard InChI is InChI=1S/C21H24BrN5O2S/c1-15(19(28)23-17-8-5-7-16(22)13-17)30-21-25-24-20(26-10-3-2-4-11-26)27(21)14-18-9-6-12-29-18/h5-9,12-13,15H,2-4,10-11,14H2,1H3,(H,23,28). The summed E-state index contributed by atoms with van der Waals surface area (Å²) in [6, 6.07) is 11.4. The maximum atomic E-state index is 12.7. The number of carbonyl (C=O) groups excluding carboxylic acids is 1. The molecule has 1 atom stereocenters. The number of hydrogen-bond acceptors (Lipinski definition) is 6. The normalized spacial score (nSPS) is 15.2. The third kappa shape index (κ3) is 5.07. The van der Waals surface area contributed by atoms with Crippen LogP contribution in [0.25, 0.3) is 0 Å². The molecule has 30 heavy (non-hydrogen) atoms. The zero-order chi connectivity index (χ0) is 20.9. The molecule has 2 aromatic heterocycles. The van der Waals surface area contributed by atoms with Gasteiger partial charge in [0, 0.05) is 23.2 Å². The number of rotatable bonds is 7. The number of nitrogens with one attached hydrogen (secondary N) is 1. The van der Waals surface area contributed by atoms with Crippen LogP contribution < -0.4 is 10.2 Å². The summed E-state index contributed by atoms with van der Waals surface area (Å²) in [5, 5.41) is 12.2. The van der Waals surface area contributed by atoms with Crippen LogP contribution in [0.5, 0.6) is 0 Å². The molecule has 1 fully saturated rings. The van der Waals surface area contributed by atoms with Gasteiger partial charge in [0.2, 0.25) is 11.9 Å². The maximum absolute atomic E-state index is 12.7. The van der Waals surface area contributed by atoms with E-state index in [4.69, 9.17) is 4.42 Å². The van der Waals surface area contributed by atoms with Crippen molar-refractivity contribution in [2.24, 2.45) is 0 Å². The van der Waals surface area contributed by atoms with Crippen molar-refractivity contribution in [2.45, 2.75) is 43.1 Å². The van der Waals surface area contributed by atoms with Gasteiger partial charge >= 0.3 is 0 Å². The predicted octanol–water partition coefficient (Wildman–Crippen LogP) is 4.79. The van der Waals surface area contributed by atoms with Gasteiger partial charge in [0.15, 0.2) is 5.16 Å². The van der Waals surface area contributed by atoms with Crippen LogP contribution in [0.15, 0.2) is 56.7 Å². The summed E-state index contributed by atoms with van der Waals surface area (Å²) in [6.07, 6.45) is 5.22. The number of furan rings is 1. The number of benzene rings is 1. The Morgan fingerprint density at radius 1 is 1.23 bits per heavy atom. The van der Waals surface area contributed by atoms with Crippen molar-refractivity contribution >= 4 is 45.2 Å². The van der Waals surface area contributed by atoms with Crippen molar-refractivity contribution in [3.63, 3.8) is 0 Å². The molecule has 4 rings (SSSR count). The van der Waals surface area contributed by atoms with Crippen molar-refractivity contribution in [1.82, 2.24) is 14.8 Å². The zero-order valence-electron chi connectivity index (χ0n) is 16.8. The van der Waals surface area contributed by atoms with E-state index in [0.29, 0.717) is 11.7 Å². The molecule has 0 aliphatic carbocycles. The second-order valence-corrected chi connectivity index (χ2v) is 9.48. The van der Waals surface area contributed by atoms with Crippen LogP contribution in [0.4, 0.5) is 11.6 Å². The Morgan fingerprint density at radius 2 is 2.07 bits per heavy atom. The summed E-state index contributed by atoms with van der Waals surface area (Å²) in [5.41, 5.74) is 0.757. The minimum absolute atomic E-state index is 0.0785. The SMILES string of the molecule is CC(Sc1nnc(N2CCCCC2)n1Cc1ccco1)C(=O)Nc1cccc(Br)c1. The van der Waals surface area contributed by atoms with E-state index >= 15 is 0 Å². The summed E-state index contributed by atoms with van der Waals surface area (Å²) in [6.45, 7) is 4.36. The Labute approximate surface area is 188 Å². The first-order chi connectivity index (χ1) is 14.6. The monoisotopic (exact) mass is 489 g/mol. The Kier molecular flexibility index (Phi) is 6.79. The summed E-state index contributed by atoms with van der Waals surface area (Å²) < 4.78 is 8.53. The summed E-state index contributed by atoms with van der Waals surface area (Å²) >= 11 is 4.84. The highest BCUT2D eigenvalue weighted by molar-refractivity contribution is 9.10. The lowest BCUT2D eigenvalue weighted by Gasteiger charge is -2.27. The van der Waals surface area contributed by atoms with Gasteiger partial charge in [-0.25, -0.2) is 0 Å². The van der Waals surface area contributed by atoms with Gasteiger partial charge in [-0.05, 0) is 56.5 Å². The minimum atomic E-state index is -0.335. The van der Waals surface area contributed by atoms with Crippen molar-refractivity contribution in [2.75, 3.05) is 23.3 Å². The Morgan fingerprint density at radius 3 is 2.80 bits per heavy atom. The summed E-state index contributed by atoms with van der Waals surface area (Å²) in [5.74, 6) is 1.60. The topological polar surface area (TPSA) is 76.2 Å². The van der Waals surface area contributed by atoms with Gasteiger partial charge < -0.3 is 14.6 Å². The van der Waals surface area contributed by atoms with Crippen LogP contribution >= 0.6 is 27.7 Å². The minimum Gasteiger partial charge on any atom is -0.467 e. The second-order valence-electron chi connectivity index (χ2n) is 7.26. The van der Waals surface area contributed by atoms with Gasteiger partial charge in [0.1, 0.15) is 5.76 Å². The van der Waals surface area contributed by atoms with E-state index in [1.807, 2.05) is 43.3 Å². The van der Waals surface area contributed by atoms with E-state index in [0.717, 1.165) is 47.8 Å². The Bertz CT molecular complexity index is 985. The molecule has 1 aromatic carbocycles. The fraction of sp³-hybridized carbons (Fsp3) is 0.381. The highest BCUT2D eigenvalue weighted by Crippen LogP contribution is 2.29. The molecule has 0 bridgehead atoms. The lowest BCUT2D eigenvalue weighted by atomic mass is 10.1. The highest BCUT2D eigenvalue weighted by atomic mass is 79.9. The van der Waals surface area contributed by atoms with Crippen LogP contribution in [-0.4, -0.2) is 39.0 Å². The molecule has 1 amide bonds. The number of carbonyl (C=O) groups is 1. The molecule has 9 heteroatoms. The molecule has 1 aliphatic rings. The van der Waals surface area contributed by atoms with Crippen LogP contribution in [-0.2, 0) is 11.3 Å². The van der Waals surface area contributed by atoms with Crippen molar-refractivity contribution < 1.29 is 9.21 Å². The lowest BCUT2D eigenvalue weighted by molar-refractivity contribution is -0.115. The Balaban J connectivity index is 1.52. The van der Waals surface area contributed by atoms with E-state index < -0.39 is 0 Å². The first-order valence-corrected chi connectivity index (χ1v) is 11.7. The van der Waals surface area contributed by atoms with Crippen molar-refractivity contribution in [1.29, 1.82) is 0 Å². The average molecular weight is 490 g/mol. The molecule has 3 heterocycles. The quantitative estimate of drug-likeness (QED) is 0.480. The number of anilines is 2. The van der Waals surface area contributed by atoms with Crippen LogP contribution in [0, 0.1) is 0 Å². The number of hydrogen-bond donors (Lipinski definition) is 1. The molecule has 3 aromatic rings. The van der Waals surface area contributed by atoms with Gasteiger partial charge in [-0.3, -0.25) is 9.36 Å². The fourth-order valence-electron chi connectivity index (χ4n) is 3.41. The number of amides is 1. The van der Waals surface area contributed by atoms with Crippen LogP contribution in [0.1, 0.15) is 31.9 Å². The summed E-state index contributed by atoms with van der Waals surface area (Å²) in [7, 11) is 0. The number of aromatic nitrogens is 3. The van der Waals surface area contributed by atoms with Gasteiger partial charge in [0.05, 0.1) is 18.1 Å². The third-order valence-electron chi connectivity index (χ3n) is 4.97. The molecule has 1 aliphatic heterocycles. The first-order valence-electron chi connectivity index (χ1n) is 10.0. The van der Waals surface area contributed by atoms with Crippen molar-refractivity contribution in [3.8, 4) is 0 Å². The molecular formula is C21H24BrN5O2S. The molecule has 158 valence electrons. The predicted molar refractivity (Wildman–Crippen MR) is 122 cm³/mol. The number of thioether (sulfide) groups is 1. The maximum Gasteiger partial charge on any atom is 0.237 e. The van der Waals surface area contributed by atoms with E-state index in [2.05, 4.69) is 40.9 Å². The molecule has 1 saturated heterocycles. The largest absolute Gasteiger partial charge is 0.467 e. The highest BCUT2D eigenvalue weighted by Gasteiger charge is 2.24. The van der Waals surface area contributed by atoms with Crippen LogP contribution in [0.2, 0.25) is 0 Å². The Hall–Kier alpha value is -2.26. The van der Waals surface area contributed by atoms with E-state index in [-0.39, 0.29) is 11.2 Å².